The molecule has 17 heavy (non-hydrogen) atoms. The maximum absolute atomic E-state index is 5.99. The van der Waals surface area contributed by atoms with Gasteiger partial charge in [0.15, 0.2) is 0 Å². The van der Waals surface area contributed by atoms with E-state index in [-0.39, 0.29) is 0 Å². The highest BCUT2D eigenvalue weighted by Gasteiger charge is 2.05. The van der Waals surface area contributed by atoms with Crippen molar-refractivity contribution < 1.29 is 4.74 Å². The Morgan fingerprint density at radius 1 is 1.12 bits per heavy atom. The van der Waals surface area contributed by atoms with E-state index in [1.54, 1.807) is 36.5 Å². The second-order valence-electron chi connectivity index (χ2n) is 3.29. The molecule has 0 aliphatic carbocycles. The van der Waals surface area contributed by atoms with Crippen LogP contribution in [0.5, 0.6) is 11.5 Å². The minimum Gasteiger partial charge on any atom is -0.456 e. The van der Waals surface area contributed by atoms with E-state index < -0.39 is 0 Å². The van der Waals surface area contributed by atoms with Gasteiger partial charge in [-0.15, -0.1) is 11.6 Å². The number of hydrogen-bond donors (Lipinski definition) is 0. The van der Waals surface area contributed by atoms with E-state index in [0.717, 1.165) is 5.69 Å². The van der Waals surface area contributed by atoms with Crippen molar-refractivity contribution >= 4 is 34.8 Å². The molecule has 1 aromatic carbocycles. The third-order valence-corrected chi connectivity index (χ3v) is 2.87. The summed E-state index contributed by atoms with van der Waals surface area (Å²) in [5, 5.41) is 1.06. The Morgan fingerprint density at radius 2 is 1.94 bits per heavy atom. The number of alkyl halides is 1. The van der Waals surface area contributed by atoms with Crippen molar-refractivity contribution in [3.05, 3.63) is 52.3 Å². The number of halogens is 3. The Labute approximate surface area is 114 Å². The molecule has 0 atom stereocenters. The summed E-state index contributed by atoms with van der Waals surface area (Å²) >= 11 is 17.6. The maximum atomic E-state index is 5.99. The quantitative estimate of drug-likeness (QED) is 0.748. The zero-order chi connectivity index (χ0) is 12.3. The number of hydrogen-bond acceptors (Lipinski definition) is 2. The zero-order valence-corrected chi connectivity index (χ0v) is 10.9. The van der Waals surface area contributed by atoms with Crippen molar-refractivity contribution in [3.8, 4) is 11.5 Å². The van der Waals surface area contributed by atoms with Crippen molar-refractivity contribution in [1.82, 2.24) is 4.98 Å². The van der Waals surface area contributed by atoms with Crippen molar-refractivity contribution in [1.29, 1.82) is 0 Å². The van der Waals surface area contributed by atoms with Gasteiger partial charge in [-0.05, 0) is 18.2 Å². The lowest BCUT2D eigenvalue weighted by atomic mass is 10.3. The Kier molecular flexibility index (Phi) is 4.11. The number of nitrogens with zero attached hydrogens (tertiary/aromatic N) is 1. The summed E-state index contributed by atoms with van der Waals surface area (Å²) < 4.78 is 5.62. The number of aromatic nitrogens is 1. The fourth-order valence-corrected chi connectivity index (χ4v) is 1.74. The van der Waals surface area contributed by atoms with Gasteiger partial charge in [0.2, 0.25) is 0 Å². The topological polar surface area (TPSA) is 22.1 Å². The summed E-state index contributed by atoms with van der Waals surface area (Å²) in [6, 6.07) is 8.53. The van der Waals surface area contributed by atoms with Crippen LogP contribution in [0, 0.1) is 0 Å². The zero-order valence-electron chi connectivity index (χ0n) is 8.66. The molecule has 0 amide bonds. The van der Waals surface area contributed by atoms with Crippen molar-refractivity contribution in [2.75, 3.05) is 0 Å². The summed E-state index contributed by atoms with van der Waals surface area (Å²) in [5.41, 5.74) is 0.738. The van der Waals surface area contributed by atoms with Gasteiger partial charge in [0, 0.05) is 23.4 Å². The molecule has 2 rings (SSSR count). The molecule has 0 N–H and O–H groups in total. The molecule has 88 valence electrons. The Bertz CT molecular complexity index is 531. The van der Waals surface area contributed by atoms with E-state index in [9.17, 15) is 0 Å². The molecule has 0 unspecified atom stereocenters. The predicted molar refractivity (Wildman–Crippen MR) is 70.3 cm³/mol. The molecule has 0 radical (unpaired) electrons. The lowest BCUT2D eigenvalue weighted by Gasteiger charge is -2.08. The highest BCUT2D eigenvalue weighted by Crippen LogP contribution is 2.31. The van der Waals surface area contributed by atoms with Crippen molar-refractivity contribution in [2.24, 2.45) is 0 Å². The van der Waals surface area contributed by atoms with E-state index in [2.05, 4.69) is 4.98 Å². The Balaban J connectivity index is 2.27. The van der Waals surface area contributed by atoms with Gasteiger partial charge in [0.05, 0.1) is 16.6 Å². The lowest BCUT2D eigenvalue weighted by Crippen LogP contribution is -1.89. The Morgan fingerprint density at radius 3 is 2.71 bits per heavy atom. The van der Waals surface area contributed by atoms with Crippen LogP contribution >= 0.6 is 34.8 Å². The first-order chi connectivity index (χ1) is 8.19. The van der Waals surface area contributed by atoms with Crippen molar-refractivity contribution in [2.45, 2.75) is 5.88 Å². The molecule has 5 heteroatoms. The summed E-state index contributed by atoms with van der Waals surface area (Å²) in [6.07, 6.45) is 1.63. The van der Waals surface area contributed by atoms with Gasteiger partial charge < -0.3 is 4.74 Å². The van der Waals surface area contributed by atoms with E-state index in [0.29, 0.717) is 27.4 Å². The first kappa shape index (κ1) is 12.5. The van der Waals surface area contributed by atoms with Gasteiger partial charge in [-0.25, -0.2) is 0 Å². The molecule has 1 aromatic heterocycles. The highest BCUT2D eigenvalue weighted by molar-refractivity contribution is 6.34. The SMILES string of the molecule is ClCc1cc(Oc2cc(Cl)ccc2Cl)ccn1. The molecular weight excluding hydrogens is 280 g/mol. The van der Waals surface area contributed by atoms with Gasteiger partial charge in [-0.1, -0.05) is 23.2 Å². The summed E-state index contributed by atoms with van der Waals surface area (Å²) in [6.45, 7) is 0. The van der Waals surface area contributed by atoms with Crippen LogP contribution in [-0.2, 0) is 5.88 Å². The molecule has 0 aliphatic rings. The van der Waals surface area contributed by atoms with Crippen LogP contribution in [0.15, 0.2) is 36.5 Å². The fourth-order valence-electron chi connectivity index (χ4n) is 1.28. The number of pyridine rings is 1. The molecule has 2 aromatic rings. The van der Waals surface area contributed by atoms with E-state index in [1.165, 1.54) is 0 Å². The standard InChI is InChI=1S/C12H8Cl3NO/c13-7-9-6-10(3-4-16-9)17-12-5-8(14)1-2-11(12)15/h1-6H,7H2. The lowest BCUT2D eigenvalue weighted by molar-refractivity contribution is 0.481. The van der Waals surface area contributed by atoms with Crippen LogP contribution in [0.25, 0.3) is 0 Å². The molecule has 2 nitrogen and oxygen atoms in total. The van der Waals surface area contributed by atoms with E-state index in [4.69, 9.17) is 39.5 Å². The molecule has 0 fully saturated rings. The predicted octanol–water partition coefficient (Wildman–Crippen LogP) is 4.92. The van der Waals surface area contributed by atoms with Crippen LogP contribution < -0.4 is 4.74 Å². The average Bonchev–Trinajstić information content (AvgIpc) is 2.34. The van der Waals surface area contributed by atoms with Gasteiger partial charge >= 0.3 is 0 Å². The average molecular weight is 289 g/mol. The smallest absolute Gasteiger partial charge is 0.147 e. The second kappa shape index (κ2) is 5.58. The van der Waals surface area contributed by atoms with Crippen LogP contribution in [0.2, 0.25) is 10.0 Å². The molecular formula is C12H8Cl3NO. The fraction of sp³-hybridized carbons (Fsp3) is 0.0833. The molecule has 0 aliphatic heterocycles. The number of benzene rings is 1. The highest BCUT2D eigenvalue weighted by atomic mass is 35.5. The molecule has 1 heterocycles. The van der Waals surface area contributed by atoms with Crippen LogP contribution in [0.4, 0.5) is 0 Å². The molecule has 0 saturated heterocycles. The summed E-state index contributed by atoms with van der Waals surface area (Å²) in [4.78, 5) is 4.07. The number of ether oxygens (including phenoxy) is 1. The Hall–Kier alpha value is -0.960. The van der Waals surface area contributed by atoms with Crippen LogP contribution in [0.3, 0.4) is 0 Å². The van der Waals surface area contributed by atoms with Gasteiger partial charge in [-0.3, -0.25) is 4.98 Å². The molecule has 0 saturated carbocycles. The van der Waals surface area contributed by atoms with Gasteiger partial charge in [0.25, 0.3) is 0 Å². The number of rotatable bonds is 3. The monoisotopic (exact) mass is 287 g/mol. The maximum Gasteiger partial charge on any atom is 0.147 e. The minimum atomic E-state index is 0.334. The van der Waals surface area contributed by atoms with Gasteiger partial charge in [0.1, 0.15) is 11.5 Å². The largest absolute Gasteiger partial charge is 0.456 e. The second-order valence-corrected chi connectivity index (χ2v) is 4.40. The summed E-state index contributed by atoms with van der Waals surface area (Å²) in [5.74, 6) is 1.46. The van der Waals surface area contributed by atoms with Crippen LogP contribution in [-0.4, -0.2) is 4.98 Å². The first-order valence-corrected chi connectivity index (χ1v) is 6.12. The summed E-state index contributed by atoms with van der Waals surface area (Å²) in [7, 11) is 0. The first-order valence-electron chi connectivity index (χ1n) is 4.83. The van der Waals surface area contributed by atoms with E-state index >= 15 is 0 Å². The molecule has 0 bridgehead atoms. The van der Waals surface area contributed by atoms with E-state index in [1.807, 2.05) is 0 Å². The minimum absolute atomic E-state index is 0.334. The third-order valence-electron chi connectivity index (χ3n) is 2.05. The van der Waals surface area contributed by atoms with Crippen LogP contribution in [0.1, 0.15) is 5.69 Å². The normalized spacial score (nSPS) is 10.3. The third kappa shape index (κ3) is 3.25. The molecule has 0 spiro atoms. The van der Waals surface area contributed by atoms with Crippen molar-refractivity contribution in [3.63, 3.8) is 0 Å². The van der Waals surface area contributed by atoms with Gasteiger partial charge in [-0.2, -0.15) is 0 Å².